The first-order valence-corrected chi connectivity index (χ1v) is 6.85. The molecule has 1 unspecified atom stereocenters. The molecular weight excluding hydrogens is 275 g/mol. The number of aromatic carboxylic acids is 1. The summed E-state index contributed by atoms with van der Waals surface area (Å²) in [5, 5.41) is 13.5. The second-order valence-corrected chi connectivity index (χ2v) is 4.98. The third-order valence-electron chi connectivity index (χ3n) is 3.59. The number of hydrogen-bond donors (Lipinski definition) is 1. The number of nitrogens with zero attached hydrogens (tertiary/aromatic N) is 2. The minimum absolute atomic E-state index is 0.0500. The lowest BCUT2D eigenvalue weighted by Gasteiger charge is -2.24. The maximum Gasteiger partial charge on any atom is 0.336 e. The van der Waals surface area contributed by atoms with Crippen molar-refractivity contribution in [1.29, 1.82) is 0 Å². The largest absolute Gasteiger partial charge is 0.478 e. The number of aromatic nitrogens is 2. The predicted octanol–water partition coefficient (Wildman–Crippen LogP) is 3.09. The van der Waals surface area contributed by atoms with Gasteiger partial charge in [-0.3, -0.25) is 0 Å². The van der Waals surface area contributed by atoms with Crippen LogP contribution in [0.5, 0.6) is 0 Å². The van der Waals surface area contributed by atoms with E-state index in [4.69, 9.17) is 4.74 Å². The van der Waals surface area contributed by atoms with Crippen LogP contribution in [0.3, 0.4) is 0 Å². The number of hydrogen-bond acceptors (Lipinski definition) is 3. The average Bonchev–Trinajstić information content (AvgIpc) is 2.97. The van der Waals surface area contributed by atoms with Crippen LogP contribution in [0.4, 0.5) is 4.39 Å². The Morgan fingerprint density at radius 3 is 2.95 bits per heavy atom. The van der Waals surface area contributed by atoms with Crippen LogP contribution in [0, 0.1) is 5.82 Å². The Balaban J connectivity index is 2.07. The highest BCUT2D eigenvalue weighted by Gasteiger charge is 2.22. The fraction of sp³-hybridized carbons (Fsp3) is 0.333. The van der Waals surface area contributed by atoms with Gasteiger partial charge in [-0.15, -0.1) is 0 Å². The zero-order valence-electron chi connectivity index (χ0n) is 11.3. The Hall–Kier alpha value is -2.21. The molecule has 0 aliphatic carbocycles. The fourth-order valence-corrected chi connectivity index (χ4v) is 2.59. The summed E-state index contributed by atoms with van der Waals surface area (Å²) in [6.45, 7) is 0.652. The summed E-state index contributed by atoms with van der Waals surface area (Å²) in [4.78, 5) is 11.3. The van der Waals surface area contributed by atoms with Crippen molar-refractivity contribution in [2.75, 3.05) is 6.61 Å². The van der Waals surface area contributed by atoms with Crippen molar-refractivity contribution >= 4 is 5.97 Å². The number of rotatable bonds is 3. The monoisotopic (exact) mass is 290 g/mol. The van der Waals surface area contributed by atoms with Crippen molar-refractivity contribution < 1.29 is 19.0 Å². The molecule has 1 atom stereocenters. The molecule has 1 aliphatic rings. The summed E-state index contributed by atoms with van der Waals surface area (Å²) in [6.07, 6.45) is 4.19. The number of carboxylic acid groups (broad SMARTS) is 1. The van der Waals surface area contributed by atoms with Crippen LogP contribution in [0.15, 0.2) is 30.5 Å². The van der Waals surface area contributed by atoms with Gasteiger partial charge in [0.1, 0.15) is 5.82 Å². The van der Waals surface area contributed by atoms with Gasteiger partial charge in [-0.2, -0.15) is 5.10 Å². The van der Waals surface area contributed by atoms with Gasteiger partial charge in [-0.1, -0.05) is 0 Å². The molecule has 1 aliphatic heterocycles. The van der Waals surface area contributed by atoms with Gasteiger partial charge in [0.2, 0.25) is 0 Å². The maximum absolute atomic E-state index is 13.5. The van der Waals surface area contributed by atoms with E-state index in [2.05, 4.69) is 5.10 Å². The Morgan fingerprint density at radius 2 is 2.24 bits per heavy atom. The van der Waals surface area contributed by atoms with Gasteiger partial charge in [0.25, 0.3) is 0 Å². The first-order valence-electron chi connectivity index (χ1n) is 6.85. The van der Waals surface area contributed by atoms with Gasteiger partial charge in [-0.25, -0.2) is 13.9 Å². The van der Waals surface area contributed by atoms with Gasteiger partial charge in [0.15, 0.2) is 6.23 Å². The minimum atomic E-state index is -1.10. The van der Waals surface area contributed by atoms with E-state index in [1.54, 1.807) is 16.9 Å². The molecule has 0 saturated carbocycles. The standard InChI is InChI=1S/C15H15FN2O3/c16-10-4-5-11(15(19)20)12(9-10)13-6-7-17-18(13)14-3-1-2-8-21-14/h4-7,9,14H,1-3,8H2,(H,19,20). The normalized spacial score (nSPS) is 18.6. The van der Waals surface area contributed by atoms with E-state index in [-0.39, 0.29) is 11.8 Å². The second kappa shape index (κ2) is 5.65. The predicted molar refractivity (Wildman–Crippen MR) is 73.4 cm³/mol. The number of halogens is 1. The van der Waals surface area contributed by atoms with Crippen molar-refractivity contribution in [3.8, 4) is 11.3 Å². The van der Waals surface area contributed by atoms with Crippen LogP contribution >= 0.6 is 0 Å². The van der Waals surface area contributed by atoms with E-state index < -0.39 is 11.8 Å². The first-order chi connectivity index (χ1) is 10.2. The molecule has 0 bridgehead atoms. The fourth-order valence-electron chi connectivity index (χ4n) is 2.59. The number of ether oxygens (including phenoxy) is 1. The van der Waals surface area contributed by atoms with Crippen LogP contribution in [0.1, 0.15) is 35.8 Å². The van der Waals surface area contributed by atoms with E-state index in [1.807, 2.05) is 0 Å². The Labute approximate surface area is 121 Å². The molecule has 5 nitrogen and oxygen atoms in total. The first kappa shape index (κ1) is 13.8. The second-order valence-electron chi connectivity index (χ2n) is 4.98. The molecule has 21 heavy (non-hydrogen) atoms. The molecule has 3 rings (SSSR count). The highest BCUT2D eigenvalue weighted by atomic mass is 19.1. The number of carboxylic acids is 1. The summed E-state index contributed by atoms with van der Waals surface area (Å²) in [5.74, 6) is -1.57. The van der Waals surface area contributed by atoms with E-state index in [0.29, 0.717) is 17.9 Å². The van der Waals surface area contributed by atoms with Crippen molar-refractivity contribution in [2.24, 2.45) is 0 Å². The summed E-state index contributed by atoms with van der Waals surface area (Å²) in [7, 11) is 0. The van der Waals surface area contributed by atoms with Gasteiger partial charge in [0, 0.05) is 18.4 Å². The van der Waals surface area contributed by atoms with Gasteiger partial charge < -0.3 is 9.84 Å². The van der Waals surface area contributed by atoms with Crippen molar-refractivity contribution in [3.63, 3.8) is 0 Å². The molecule has 0 radical (unpaired) electrons. The van der Waals surface area contributed by atoms with E-state index in [9.17, 15) is 14.3 Å². The van der Waals surface area contributed by atoms with E-state index in [0.717, 1.165) is 25.3 Å². The van der Waals surface area contributed by atoms with Crippen LogP contribution in [0.25, 0.3) is 11.3 Å². The van der Waals surface area contributed by atoms with Gasteiger partial charge in [-0.05, 0) is 43.5 Å². The quantitative estimate of drug-likeness (QED) is 0.943. The summed E-state index contributed by atoms with van der Waals surface area (Å²) in [6, 6.07) is 5.32. The number of benzene rings is 1. The van der Waals surface area contributed by atoms with Crippen molar-refractivity contribution in [2.45, 2.75) is 25.5 Å². The molecule has 0 amide bonds. The summed E-state index contributed by atoms with van der Waals surface area (Å²) < 4.78 is 20.8. The Morgan fingerprint density at radius 1 is 1.38 bits per heavy atom. The SMILES string of the molecule is O=C(O)c1ccc(F)cc1-c1ccnn1C1CCCCO1. The van der Waals surface area contributed by atoms with E-state index >= 15 is 0 Å². The third-order valence-corrected chi connectivity index (χ3v) is 3.59. The average molecular weight is 290 g/mol. The third kappa shape index (κ3) is 2.67. The highest BCUT2D eigenvalue weighted by Crippen LogP contribution is 2.30. The molecule has 2 aromatic rings. The maximum atomic E-state index is 13.5. The van der Waals surface area contributed by atoms with Crippen LogP contribution < -0.4 is 0 Å². The zero-order chi connectivity index (χ0) is 14.8. The molecule has 1 aromatic heterocycles. The summed E-state index contributed by atoms with van der Waals surface area (Å²) >= 11 is 0. The van der Waals surface area contributed by atoms with Crippen LogP contribution in [-0.4, -0.2) is 27.5 Å². The zero-order valence-corrected chi connectivity index (χ0v) is 11.3. The van der Waals surface area contributed by atoms with Crippen molar-refractivity contribution in [3.05, 3.63) is 41.8 Å². The van der Waals surface area contributed by atoms with Crippen LogP contribution in [0.2, 0.25) is 0 Å². The Bertz CT molecular complexity index is 663. The minimum Gasteiger partial charge on any atom is -0.478 e. The molecule has 1 saturated heterocycles. The molecule has 0 spiro atoms. The van der Waals surface area contributed by atoms with Crippen LogP contribution in [-0.2, 0) is 4.74 Å². The lowest BCUT2D eigenvalue weighted by atomic mass is 10.0. The smallest absolute Gasteiger partial charge is 0.336 e. The highest BCUT2D eigenvalue weighted by molar-refractivity contribution is 5.95. The molecule has 1 N–H and O–H groups in total. The van der Waals surface area contributed by atoms with E-state index in [1.165, 1.54) is 12.1 Å². The topological polar surface area (TPSA) is 64.3 Å². The number of carbonyl (C=O) groups is 1. The lowest BCUT2D eigenvalue weighted by molar-refractivity contribution is -0.0383. The molecule has 1 fully saturated rings. The van der Waals surface area contributed by atoms with Gasteiger partial charge in [0.05, 0.1) is 11.3 Å². The molecule has 2 heterocycles. The molecule has 6 heteroatoms. The van der Waals surface area contributed by atoms with Crippen molar-refractivity contribution in [1.82, 2.24) is 9.78 Å². The van der Waals surface area contributed by atoms with Gasteiger partial charge >= 0.3 is 5.97 Å². The Kier molecular flexibility index (Phi) is 3.70. The summed E-state index contributed by atoms with van der Waals surface area (Å²) in [5.41, 5.74) is 0.918. The molecule has 110 valence electrons. The lowest BCUT2D eigenvalue weighted by Crippen LogP contribution is -2.20. The molecular formula is C15H15FN2O3. The molecule has 1 aromatic carbocycles.